The summed E-state index contributed by atoms with van der Waals surface area (Å²) in [4.78, 5) is 4.38. The van der Waals surface area contributed by atoms with Crippen molar-refractivity contribution in [1.82, 2.24) is 0 Å². The van der Waals surface area contributed by atoms with Gasteiger partial charge in [-0.1, -0.05) is 61.5 Å². The predicted octanol–water partition coefficient (Wildman–Crippen LogP) is 3.10. The molecule has 0 aromatic heterocycles. The first-order chi connectivity index (χ1) is 13.9. The van der Waals surface area contributed by atoms with Crippen LogP contribution in [0, 0.1) is 33.5 Å². The van der Waals surface area contributed by atoms with Gasteiger partial charge in [-0.3, -0.25) is 0 Å². The van der Waals surface area contributed by atoms with E-state index in [-0.39, 0.29) is 11.9 Å². The fourth-order valence-corrected chi connectivity index (χ4v) is 5.45. The highest BCUT2D eigenvalue weighted by molar-refractivity contribution is 6.02. The van der Waals surface area contributed by atoms with Crippen molar-refractivity contribution in [3.8, 4) is 23.3 Å². The van der Waals surface area contributed by atoms with Crippen LogP contribution in [0.3, 0.4) is 0 Å². The third-order valence-corrected chi connectivity index (χ3v) is 6.91. The van der Waals surface area contributed by atoms with Gasteiger partial charge in [0.25, 0.3) is 5.91 Å². The smallest absolute Gasteiger partial charge is 0.294 e. The Morgan fingerprint density at radius 2 is 1.69 bits per heavy atom. The van der Waals surface area contributed by atoms with Crippen molar-refractivity contribution < 1.29 is 9.47 Å². The van der Waals surface area contributed by atoms with Gasteiger partial charge in [0.05, 0.1) is 24.8 Å². The number of benzene rings is 2. The first kappa shape index (κ1) is 17.9. The number of hydrogen-bond acceptors (Lipinski definition) is 6. The lowest BCUT2D eigenvalue weighted by Gasteiger charge is -2.30. The van der Waals surface area contributed by atoms with Crippen LogP contribution in [0.5, 0.6) is 0 Å². The maximum atomic E-state index is 10.3. The van der Waals surface area contributed by atoms with Gasteiger partial charge in [0.2, 0.25) is 0 Å². The van der Waals surface area contributed by atoms with E-state index in [9.17, 15) is 10.5 Å². The first-order valence-electron chi connectivity index (χ1n) is 9.58. The van der Waals surface area contributed by atoms with Crippen LogP contribution in [0.25, 0.3) is 11.1 Å². The van der Waals surface area contributed by atoms with E-state index in [1.165, 1.54) is 0 Å². The van der Waals surface area contributed by atoms with Gasteiger partial charge in [-0.15, -0.1) is 0 Å². The Kier molecular flexibility index (Phi) is 3.36. The highest BCUT2D eigenvalue weighted by Crippen LogP contribution is 2.85. The Morgan fingerprint density at radius 3 is 2.24 bits per heavy atom. The second-order valence-electron chi connectivity index (χ2n) is 8.11. The molecule has 5 atom stereocenters. The minimum absolute atomic E-state index is 0.102. The van der Waals surface area contributed by atoms with Crippen LogP contribution in [-0.2, 0) is 14.9 Å². The first-order valence-corrected chi connectivity index (χ1v) is 9.58. The fourth-order valence-electron chi connectivity index (χ4n) is 5.45. The molecule has 29 heavy (non-hydrogen) atoms. The summed E-state index contributed by atoms with van der Waals surface area (Å²) in [5.74, 6) is -1.45. The van der Waals surface area contributed by atoms with Crippen LogP contribution in [0.1, 0.15) is 19.4 Å². The largest absolute Gasteiger partial charge is 0.386 e. The van der Waals surface area contributed by atoms with Gasteiger partial charge in [-0.2, -0.15) is 10.5 Å². The standard InChI is InChI=1S/C23H20N4O2/c1-15-12-28-23(29-15)22(14-25)20(2,21(22,13-24)19(26)27-23)18-10-8-17(9-11-18)16-6-4-3-5-7-16/h3-11,15H,12H2,1-2H3,(H2,26,27)/t15-,20-,21-,22+,23-/m0/s1. The SMILES string of the molecule is C[C@H]1CO[C@]2(N=C(N)[C@@]3(C#N)[C@](C)(c4ccc(-c5ccccc5)cc4)[C@@]23C#N)O1. The molecule has 2 N–H and O–H groups in total. The maximum absolute atomic E-state index is 10.3. The summed E-state index contributed by atoms with van der Waals surface area (Å²) >= 11 is 0. The van der Waals surface area contributed by atoms with Crippen LogP contribution in [0.4, 0.5) is 0 Å². The zero-order valence-electron chi connectivity index (χ0n) is 16.2. The molecule has 0 amide bonds. The zero-order valence-corrected chi connectivity index (χ0v) is 16.2. The van der Waals surface area contributed by atoms with Crippen molar-refractivity contribution in [2.24, 2.45) is 21.6 Å². The van der Waals surface area contributed by atoms with Gasteiger partial charge in [0.1, 0.15) is 5.84 Å². The number of rotatable bonds is 2. The lowest BCUT2D eigenvalue weighted by molar-refractivity contribution is -0.196. The quantitative estimate of drug-likeness (QED) is 0.857. The molecule has 2 aromatic carbocycles. The number of nitriles is 2. The van der Waals surface area contributed by atoms with Crippen LogP contribution >= 0.6 is 0 Å². The molecule has 1 saturated heterocycles. The second kappa shape index (κ2) is 5.45. The monoisotopic (exact) mass is 384 g/mol. The van der Waals surface area contributed by atoms with Crippen molar-refractivity contribution in [2.45, 2.75) is 31.3 Å². The van der Waals surface area contributed by atoms with E-state index >= 15 is 0 Å². The number of nitrogens with two attached hydrogens (primary N) is 1. The third kappa shape index (κ3) is 1.71. The summed E-state index contributed by atoms with van der Waals surface area (Å²) in [7, 11) is 0. The molecule has 0 radical (unpaired) electrons. The van der Waals surface area contributed by atoms with Gasteiger partial charge in [0, 0.05) is 5.41 Å². The van der Waals surface area contributed by atoms with Gasteiger partial charge in [0.15, 0.2) is 10.8 Å². The van der Waals surface area contributed by atoms with Crippen molar-refractivity contribution in [3.05, 3.63) is 60.2 Å². The van der Waals surface area contributed by atoms with E-state index in [1.807, 2.05) is 68.4 Å². The normalized spacial score (nSPS) is 39.4. The predicted molar refractivity (Wildman–Crippen MR) is 106 cm³/mol. The molecule has 1 aliphatic carbocycles. The van der Waals surface area contributed by atoms with E-state index in [2.05, 4.69) is 17.1 Å². The van der Waals surface area contributed by atoms with Crippen LogP contribution in [-0.4, -0.2) is 24.5 Å². The maximum Gasteiger partial charge on any atom is 0.294 e. The molecule has 0 unspecified atom stereocenters. The zero-order chi connectivity index (χ0) is 20.5. The summed E-state index contributed by atoms with van der Waals surface area (Å²) in [5, 5.41) is 20.5. The van der Waals surface area contributed by atoms with Gasteiger partial charge >= 0.3 is 0 Å². The lowest BCUT2D eigenvalue weighted by Crippen LogP contribution is -2.42. The Balaban J connectivity index is 1.65. The topological polar surface area (TPSA) is 104 Å². The van der Waals surface area contributed by atoms with E-state index < -0.39 is 22.2 Å². The van der Waals surface area contributed by atoms with E-state index in [0.717, 1.165) is 16.7 Å². The Bertz CT molecular complexity index is 1120. The Morgan fingerprint density at radius 1 is 1.03 bits per heavy atom. The molecule has 3 aliphatic rings. The highest BCUT2D eigenvalue weighted by Gasteiger charge is 3.00. The summed E-state index contributed by atoms with van der Waals surface area (Å²) in [6.45, 7) is 4.03. The molecule has 0 bridgehead atoms. The van der Waals surface area contributed by atoms with Crippen molar-refractivity contribution in [2.75, 3.05) is 6.61 Å². The molecule has 1 saturated carbocycles. The van der Waals surface area contributed by atoms with Crippen molar-refractivity contribution in [3.63, 3.8) is 0 Å². The van der Waals surface area contributed by atoms with Gasteiger partial charge in [-0.05, 0) is 23.6 Å². The third-order valence-electron chi connectivity index (χ3n) is 6.91. The molecule has 2 aliphatic heterocycles. The average Bonchev–Trinajstić information content (AvgIpc) is 2.92. The summed E-state index contributed by atoms with van der Waals surface area (Å²) < 4.78 is 11.9. The average molecular weight is 384 g/mol. The molecule has 6 nitrogen and oxygen atoms in total. The van der Waals surface area contributed by atoms with E-state index in [0.29, 0.717) is 6.61 Å². The molecule has 144 valence electrons. The molecular formula is C23H20N4O2. The number of nitrogens with zero attached hydrogens (tertiary/aromatic N) is 3. The summed E-state index contributed by atoms with van der Waals surface area (Å²) in [6.07, 6.45) is -0.239. The van der Waals surface area contributed by atoms with Gasteiger partial charge in [-0.25, -0.2) is 4.99 Å². The van der Waals surface area contributed by atoms with Crippen LogP contribution in [0.15, 0.2) is 59.6 Å². The molecule has 2 aromatic rings. The van der Waals surface area contributed by atoms with E-state index in [1.54, 1.807) is 0 Å². The Hall–Kier alpha value is -3.19. The Labute approximate surface area is 169 Å². The number of aliphatic imine (C=N–C) groups is 1. The minimum atomic E-state index is -1.55. The summed E-state index contributed by atoms with van der Waals surface area (Å²) in [6, 6.07) is 22.6. The van der Waals surface area contributed by atoms with Crippen LogP contribution in [0.2, 0.25) is 0 Å². The number of fused-ring (bicyclic) bond motifs is 2. The van der Waals surface area contributed by atoms with Crippen molar-refractivity contribution >= 4 is 5.84 Å². The number of ether oxygens (including phenoxy) is 2. The molecule has 1 spiro atoms. The summed E-state index contributed by atoms with van der Waals surface area (Å²) in [5.41, 5.74) is 5.72. The second-order valence-corrected chi connectivity index (χ2v) is 8.11. The van der Waals surface area contributed by atoms with Crippen molar-refractivity contribution in [1.29, 1.82) is 10.5 Å². The molecule has 5 rings (SSSR count). The lowest BCUT2D eigenvalue weighted by atomic mass is 9.84. The number of amidine groups is 1. The van der Waals surface area contributed by atoms with Gasteiger partial charge < -0.3 is 15.2 Å². The molecular weight excluding hydrogens is 364 g/mol. The molecule has 2 heterocycles. The van der Waals surface area contributed by atoms with Crippen LogP contribution < -0.4 is 5.73 Å². The molecule has 6 heteroatoms. The molecule has 2 fully saturated rings. The highest BCUT2D eigenvalue weighted by atomic mass is 16.8. The number of hydrogen-bond donors (Lipinski definition) is 1. The minimum Gasteiger partial charge on any atom is -0.386 e. The van der Waals surface area contributed by atoms with E-state index in [4.69, 9.17) is 15.2 Å². The fraction of sp³-hybridized carbons (Fsp3) is 0.348.